The largest absolute Gasteiger partial charge is 0.480 e. The van der Waals surface area contributed by atoms with Crippen LogP contribution in [0.4, 0.5) is 0 Å². The summed E-state index contributed by atoms with van der Waals surface area (Å²) < 4.78 is 0. The number of carboxylic acids is 1. The van der Waals surface area contributed by atoms with E-state index >= 15 is 0 Å². The Hall–Kier alpha value is -2.66. The number of nitrogens with zero attached hydrogens (tertiary/aromatic N) is 1. The summed E-state index contributed by atoms with van der Waals surface area (Å²) in [5.41, 5.74) is 2.25. The Bertz CT molecular complexity index is 732. The van der Waals surface area contributed by atoms with E-state index in [0.29, 0.717) is 13.1 Å². The Morgan fingerprint density at radius 2 is 1.41 bits per heavy atom. The molecule has 1 aliphatic carbocycles. The minimum atomic E-state index is -0.928. The molecule has 29 heavy (non-hydrogen) atoms. The van der Waals surface area contributed by atoms with Crippen molar-refractivity contribution in [1.82, 2.24) is 10.2 Å². The van der Waals surface area contributed by atoms with Gasteiger partial charge in [-0.15, -0.1) is 0 Å². The third-order valence-electron chi connectivity index (χ3n) is 5.57. The number of rotatable bonds is 9. The summed E-state index contributed by atoms with van der Waals surface area (Å²) in [6, 6.07) is 19.3. The smallest absolute Gasteiger partial charge is 0.326 e. The van der Waals surface area contributed by atoms with Gasteiger partial charge in [-0.1, -0.05) is 79.9 Å². The average molecular weight is 395 g/mol. The van der Waals surface area contributed by atoms with Crippen molar-refractivity contribution in [2.75, 3.05) is 6.54 Å². The van der Waals surface area contributed by atoms with Crippen LogP contribution in [0, 0.1) is 5.92 Å². The molecule has 154 valence electrons. The molecule has 0 saturated heterocycles. The highest BCUT2D eigenvalue weighted by Gasteiger charge is 2.31. The highest BCUT2D eigenvalue weighted by Crippen LogP contribution is 2.26. The SMILES string of the molecule is O=C(CN(Cc1ccccc1)Cc1ccccc1)N[C@H](C(=O)O)C1CCCCC1. The molecule has 5 heteroatoms. The van der Waals surface area contributed by atoms with Crippen molar-refractivity contribution in [1.29, 1.82) is 0 Å². The first-order valence-electron chi connectivity index (χ1n) is 10.4. The average Bonchev–Trinajstić information content (AvgIpc) is 2.74. The van der Waals surface area contributed by atoms with E-state index in [1.54, 1.807) is 0 Å². The number of carbonyl (C=O) groups is 2. The molecule has 2 aromatic carbocycles. The Balaban J connectivity index is 1.66. The second kappa shape index (κ2) is 10.8. The van der Waals surface area contributed by atoms with Gasteiger partial charge < -0.3 is 10.4 Å². The quantitative estimate of drug-likeness (QED) is 0.678. The third kappa shape index (κ3) is 6.71. The van der Waals surface area contributed by atoms with Gasteiger partial charge in [0, 0.05) is 13.1 Å². The lowest BCUT2D eigenvalue weighted by Gasteiger charge is -2.29. The predicted molar refractivity (Wildman–Crippen MR) is 113 cm³/mol. The lowest BCUT2D eigenvalue weighted by Crippen LogP contribution is -2.49. The number of carbonyl (C=O) groups excluding carboxylic acids is 1. The van der Waals surface area contributed by atoms with Crippen LogP contribution in [-0.4, -0.2) is 34.5 Å². The molecule has 1 atom stereocenters. The zero-order valence-electron chi connectivity index (χ0n) is 16.8. The Morgan fingerprint density at radius 3 is 1.90 bits per heavy atom. The number of benzene rings is 2. The lowest BCUT2D eigenvalue weighted by atomic mass is 9.84. The molecule has 1 fully saturated rings. The van der Waals surface area contributed by atoms with Crippen molar-refractivity contribution < 1.29 is 14.7 Å². The minimum Gasteiger partial charge on any atom is -0.480 e. The van der Waals surface area contributed by atoms with E-state index in [9.17, 15) is 14.7 Å². The molecule has 1 amide bonds. The molecular formula is C24H30N2O3. The van der Waals surface area contributed by atoms with E-state index in [1.165, 1.54) is 0 Å². The normalized spacial score (nSPS) is 15.8. The van der Waals surface area contributed by atoms with Gasteiger partial charge in [0.1, 0.15) is 6.04 Å². The molecule has 5 nitrogen and oxygen atoms in total. The highest BCUT2D eigenvalue weighted by molar-refractivity contribution is 5.84. The maximum Gasteiger partial charge on any atom is 0.326 e. The van der Waals surface area contributed by atoms with Crippen molar-refractivity contribution in [3.8, 4) is 0 Å². The fraction of sp³-hybridized carbons (Fsp3) is 0.417. The summed E-state index contributed by atoms with van der Waals surface area (Å²) in [6.07, 6.45) is 4.97. The van der Waals surface area contributed by atoms with Crippen LogP contribution in [0.15, 0.2) is 60.7 Å². The van der Waals surface area contributed by atoms with Gasteiger partial charge >= 0.3 is 5.97 Å². The van der Waals surface area contributed by atoms with Crippen LogP contribution < -0.4 is 5.32 Å². The summed E-state index contributed by atoms with van der Waals surface area (Å²) in [7, 11) is 0. The third-order valence-corrected chi connectivity index (χ3v) is 5.57. The van der Waals surface area contributed by atoms with E-state index in [-0.39, 0.29) is 18.4 Å². The highest BCUT2D eigenvalue weighted by atomic mass is 16.4. The summed E-state index contributed by atoms with van der Waals surface area (Å²) in [5.74, 6) is -1.13. The van der Waals surface area contributed by atoms with Crippen LogP contribution in [0.5, 0.6) is 0 Å². The maximum absolute atomic E-state index is 12.8. The molecule has 0 radical (unpaired) electrons. The van der Waals surface area contributed by atoms with Gasteiger partial charge in [0.15, 0.2) is 0 Å². The van der Waals surface area contributed by atoms with Crippen LogP contribution >= 0.6 is 0 Å². The molecular weight excluding hydrogens is 364 g/mol. The van der Waals surface area contributed by atoms with Gasteiger partial charge in [-0.25, -0.2) is 4.79 Å². The van der Waals surface area contributed by atoms with Crippen LogP contribution in [-0.2, 0) is 22.7 Å². The van der Waals surface area contributed by atoms with Gasteiger partial charge in [-0.05, 0) is 29.9 Å². The van der Waals surface area contributed by atoms with Crippen molar-refractivity contribution >= 4 is 11.9 Å². The summed E-state index contributed by atoms with van der Waals surface area (Å²) in [5, 5.41) is 12.5. The molecule has 1 saturated carbocycles. The Labute approximate surface area is 172 Å². The molecule has 0 aliphatic heterocycles. The molecule has 0 aromatic heterocycles. The number of hydrogen-bond acceptors (Lipinski definition) is 3. The molecule has 0 unspecified atom stereocenters. The second-order valence-electron chi connectivity index (χ2n) is 7.90. The fourth-order valence-electron chi connectivity index (χ4n) is 4.12. The van der Waals surface area contributed by atoms with E-state index in [1.807, 2.05) is 60.7 Å². The summed E-state index contributed by atoms with van der Waals surface area (Å²) >= 11 is 0. The van der Waals surface area contributed by atoms with Crippen LogP contribution in [0.1, 0.15) is 43.2 Å². The van der Waals surface area contributed by atoms with Crippen molar-refractivity contribution in [2.45, 2.75) is 51.2 Å². The molecule has 2 aromatic rings. The molecule has 0 spiro atoms. The van der Waals surface area contributed by atoms with E-state index in [4.69, 9.17) is 0 Å². The first-order valence-corrected chi connectivity index (χ1v) is 10.4. The Morgan fingerprint density at radius 1 is 0.897 bits per heavy atom. The first kappa shape index (κ1) is 21.1. The van der Waals surface area contributed by atoms with E-state index < -0.39 is 12.0 Å². The van der Waals surface area contributed by atoms with Crippen molar-refractivity contribution in [3.63, 3.8) is 0 Å². The maximum atomic E-state index is 12.8. The number of amides is 1. The van der Waals surface area contributed by atoms with E-state index in [0.717, 1.165) is 43.2 Å². The van der Waals surface area contributed by atoms with Crippen molar-refractivity contribution in [2.24, 2.45) is 5.92 Å². The second-order valence-corrected chi connectivity index (χ2v) is 7.90. The monoisotopic (exact) mass is 394 g/mol. The van der Waals surface area contributed by atoms with Crippen LogP contribution in [0.25, 0.3) is 0 Å². The number of nitrogens with one attached hydrogen (secondary N) is 1. The Kier molecular flexibility index (Phi) is 7.82. The van der Waals surface area contributed by atoms with Gasteiger partial charge in [0.25, 0.3) is 0 Å². The molecule has 3 rings (SSSR count). The number of aliphatic carboxylic acids is 1. The standard InChI is InChI=1S/C24H30N2O3/c27-22(25-23(24(28)29)21-14-8-3-9-15-21)18-26(16-19-10-4-1-5-11-19)17-20-12-6-2-7-13-20/h1-2,4-7,10-13,21,23H,3,8-9,14-18H2,(H,25,27)(H,28,29)/t23-/m0/s1. The van der Waals surface area contributed by atoms with Crippen LogP contribution in [0.2, 0.25) is 0 Å². The fourth-order valence-corrected chi connectivity index (χ4v) is 4.12. The predicted octanol–water partition coefficient (Wildman–Crippen LogP) is 3.84. The summed E-state index contributed by atoms with van der Waals surface area (Å²) in [6.45, 7) is 1.43. The van der Waals surface area contributed by atoms with Gasteiger partial charge in [-0.3, -0.25) is 9.69 Å². The zero-order chi connectivity index (χ0) is 20.5. The number of carboxylic acid groups (broad SMARTS) is 1. The van der Waals surface area contributed by atoms with E-state index in [2.05, 4.69) is 10.2 Å². The molecule has 2 N–H and O–H groups in total. The van der Waals surface area contributed by atoms with Crippen LogP contribution in [0.3, 0.4) is 0 Å². The van der Waals surface area contributed by atoms with Gasteiger partial charge in [0.05, 0.1) is 6.54 Å². The first-order chi connectivity index (χ1) is 14.1. The minimum absolute atomic E-state index is 0.0295. The van der Waals surface area contributed by atoms with Crippen molar-refractivity contribution in [3.05, 3.63) is 71.8 Å². The lowest BCUT2D eigenvalue weighted by molar-refractivity contribution is -0.144. The molecule has 1 aliphatic rings. The molecule has 0 bridgehead atoms. The topological polar surface area (TPSA) is 69.6 Å². The van der Waals surface area contributed by atoms with Gasteiger partial charge in [-0.2, -0.15) is 0 Å². The molecule has 0 heterocycles. The number of hydrogen-bond donors (Lipinski definition) is 2. The summed E-state index contributed by atoms with van der Waals surface area (Å²) in [4.78, 5) is 26.6. The zero-order valence-corrected chi connectivity index (χ0v) is 16.8. The van der Waals surface area contributed by atoms with Gasteiger partial charge in [0.2, 0.25) is 5.91 Å².